The third-order valence-corrected chi connectivity index (χ3v) is 6.65. The van der Waals surface area contributed by atoms with Gasteiger partial charge in [-0.25, -0.2) is 18.2 Å². The van der Waals surface area contributed by atoms with Gasteiger partial charge in [0.1, 0.15) is 11.6 Å². The number of carbonyl (C=O) groups excluding carboxylic acids is 1. The van der Waals surface area contributed by atoms with E-state index >= 15 is 0 Å². The second kappa shape index (κ2) is 9.76. The lowest BCUT2D eigenvalue weighted by atomic mass is 10.1. The molecule has 1 aliphatic heterocycles. The average Bonchev–Trinajstić information content (AvgIpc) is 3.34. The molecule has 0 N–H and O–H groups in total. The van der Waals surface area contributed by atoms with Crippen LogP contribution in [0.3, 0.4) is 0 Å². The van der Waals surface area contributed by atoms with Crippen molar-refractivity contribution >= 4 is 23.1 Å². The summed E-state index contributed by atoms with van der Waals surface area (Å²) in [6.45, 7) is 3.24. The largest absolute Gasteiger partial charge is 0.495 e. The lowest BCUT2D eigenvalue weighted by Crippen LogP contribution is -2.35. The molecule has 0 atom stereocenters. The first kappa shape index (κ1) is 24.6. The zero-order valence-corrected chi connectivity index (χ0v) is 20.8. The van der Waals surface area contributed by atoms with Crippen LogP contribution in [0.2, 0.25) is 0 Å². The number of anilines is 2. The number of para-hydroxylation sites is 1. The summed E-state index contributed by atoms with van der Waals surface area (Å²) in [6, 6.07) is 10.5. The summed E-state index contributed by atoms with van der Waals surface area (Å²) in [6.07, 6.45) is 2.95. The highest BCUT2D eigenvalue weighted by molar-refractivity contribution is 5.93. The van der Waals surface area contributed by atoms with Crippen molar-refractivity contribution < 1.29 is 22.7 Å². The van der Waals surface area contributed by atoms with Crippen molar-refractivity contribution in [2.24, 2.45) is 0 Å². The number of amides is 1. The SMILES string of the molecule is COc1cccc(C)c1N(C)c1cc(-c2cc(F)c(F)c(F)c2)nc2cc(C(=O)N3CCCCC3)nn12. The Morgan fingerprint density at radius 2 is 1.73 bits per heavy atom. The Morgan fingerprint density at radius 1 is 1.03 bits per heavy atom. The quantitative estimate of drug-likeness (QED) is 0.332. The zero-order valence-electron chi connectivity index (χ0n) is 20.8. The van der Waals surface area contributed by atoms with Gasteiger partial charge in [-0.15, -0.1) is 0 Å². The molecule has 7 nitrogen and oxygen atoms in total. The molecule has 0 saturated carbocycles. The second-order valence-electron chi connectivity index (χ2n) is 9.09. The van der Waals surface area contributed by atoms with Crippen molar-refractivity contribution in [3.05, 3.63) is 71.2 Å². The standard InChI is InChI=1S/C27H26F3N5O2/c1-16-8-7-9-22(37-3)26(16)33(2)24-15-20(17-12-18(28)25(30)19(29)13-17)31-23-14-21(32-35(23)24)27(36)34-10-5-4-6-11-34/h7-9,12-15H,4-6,10-11H2,1-3H3. The lowest BCUT2D eigenvalue weighted by Gasteiger charge is -2.26. The predicted molar refractivity (Wildman–Crippen MR) is 134 cm³/mol. The summed E-state index contributed by atoms with van der Waals surface area (Å²) >= 11 is 0. The molecular formula is C27H26F3N5O2. The molecule has 0 unspecified atom stereocenters. The van der Waals surface area contributed by atoms with Gasteiger partial charge in [-0.05, 0) is 49.9 Å². The maximum atomic E-state index is 14.1. The average molecular weight is 510 g/mol. The van der Waals surface area contributed by atoms with Crippen molar-refractivity contribution in [1.82, 2.24) is 19.5 Å². The highest BCUT2D eigenvalue weighted by atomic mass is 19.2. The minimum atomic E-state index is -1.55. The molecule has 0 bridgehead atoms. The Labute approximate surface area is 212 Å². The van der Waals surface area contributed by atoms with Crippen LogP contribution in [0.15, 0.2) is 42.5 Å². The number of aryl methyl sites for hydroxylation is 1. The normalized spacial score (nSPS) is 13.7. The van der Waals surface area contributed by atoms with Gasteiger partial charge in [0.15, 0.2) is 28.8 Å². The summed E-state index contributed by atoms with van der Waals surface area (Å²) < 4.78 is 48.9. The van der Waals surface area contributed by atoms with E-state index < -0.39 is 17.5 Å². The van der Waals surface area contributed by atoms with Gasteiger partial charge < -0.3 is 14.5 Å². The number of likely N-dealkylation sites (tertiary alicyclic amines) is 1. The topological polar surface area (TPSA) is 63.0 Å². The number of fused-ring (bicyclic) bond motifs is 1. The fourth-order valence-corrected chi connectivity index (χ4v) is 4.75. The minimum absolute atomic E-state index is 0.0513. The van der Waals surface area contributed by atoms with E-state index in [1.165, 1.54) is 4.52 Å². The molecule has 2 aromatic heterocycles. The number of rotatable bonds is 5. The zero-order chi connectivity index (χ0) is 26.3. The first-order valence-electron chi connectivity index (χ1n) is 12.0. The van der Waals surface area contributed by atoms with Crippen LogP contribution in [0.4, 0.5) is 24.7 Å². The van der Waals surface area contributed by atoms with Crippen LogP contribution in [-0.4, -0.2) is 52.7 Å². The van der Waals surface area contributed by atoms with Gasteiger partial charge >= 0.3 is 0 Å². The number of methoxy groups -OCH3 is 1. The third-order valence-electron chi connectivity index (χ3n) is 6.65. The second-order valence-corrected chi connectivity index (χ2v) is 9.09. The van der Waals surface area contributed by atoms with Crippen molar-refractivity contribution in [3.8, 4) is 17.0 Å². The smallest absolute Gasteiger partial charge is 0.274 e. The number of carbonyl (C=O) groups is 1. The van der Waals surface area contributed by atoms with Crippen LogP contribution < -0.4 is 9.64 Å². The van der Waals surface area contributed by atoms with Gasteiger partial charge in [0.05, 0.1) is 18.5 Å². The van der Waals surface area contributed by atoms with E-state index in [2.05, 4.69) is 10.1 Å². The molecule has 10 heteroatoms. The van der Waals surface area contributed by atoms with Crippen LogP contribution in [0, 0.1) is 24.4 Å². The van der Waals surface area contributed by atoms with Crippen molar-refractivity contribution in [3.63, 3.8) is 0 Å². The summed E-state index contributed by atoms with van der Waals surface area (Å²) in [7, 11) is 3.36. The van der Waals surface area contributed by atoms with Gasteiger partial charge in [-0.3, -0.25) is 4.79 Å². The molecule has 0 spiro atoms. The van der Waals surface area contributed by atoms with Crippen molar-refractivity contribution in [1.29, 1.82) is 0 Å². The van der Waals surface area contributed by atoms with E-state index in [9.17, 15) is 18.0 Å². The number of halogens is 3. The van der Waals surface area contributed by atoms with Gasteiger partial charge in [0, 0.05) is 37.8 Å². The van der Waals surface area contributed by atoms with Crippen LogP contribution in [0.1, 0.15) is 35.3 Å². The van der Waals surface area contributed by atoms with E-state index in [1.807, 2.05) is 30.0 Å². The highest BCUT2D eigenvalue weighted by Crippen LogP contribution is 2.37. The molecule has 0 radical (unpaired) electrons. The fraction of sp³-hybridized carbons (Fsp3) is 0.296. The van der Waals surface area contributed by atoms with Gasteiger partial charge in [0.25, 0.3) is 5.91 Å². The Hall–Kier alpha value is -4.08. The Morgan fingerprint density at radius 3 is 2.41 bits per heavy atom. The van der Waals surface area contributed by atoms with E-state index in [4.69, 9.17) is 4.74 Å². The van der Waals surface area contributed by atoms with E-state index in [1.54, 1.807) is 31.2 Å². The molecule has 1 amide bonds. The Balaban J connectivity index is 1.70. The lowest BCUT2D eigenvalue weighted by molar-refractivity contribution is 0.0718. The molecule has 0 aliphatic carbocycles. The molecule has 2 aromatic carbocycles. The fourth-order valence-electron chi connectivity index (χ4n) is 4.75. The van der Waals surface area contributed by atoms with E-state index in [0.29, 0.717) is 30.3 Å². The predicted octanol–water partition coefficient (Wildman–Crippen LogP) is 5.52. The number of aromatic nitrogens is 3. The molecule has 37 heavy (non-hydrogen) atoms. The monoisotopic (exact) mass is 509 g/mol. The molecule has 5 rings (SSSR count). The summed E-state index contributed by atoms with van der Waals surface area (Å²) in [5, 5.41) is 4.58. The molecule has 1 saturated heterocycles. The third kappa shape index (κ3) is 4.47. The number of ether oxygens (including phenoxy) is 1. The van der Waals surface area contributed by atoms with Crippen LogP contribution >= 0.6 is 0 Å². The maximum Gasteiger partial charge on any atom is 0.274 e. The molecule has 3 heterocycles. The Bertz CT molecular complexity index is 1470. The summed E-state index contributed by atoms with van der Waals surface area (Å²) in [5.41, 5.74) is 2.40. The molecule has 192 valence electrons. The maximum absolute atomic E-state index is 14.1. The number of piperidine rings is 1. The van der Waals surface area contributed by atoms with Crippen LogP contribution in [0.5, 0.6) is 5.75 Å². The Kier molecular flexibility index (Phi) is 6.49. The van der Waals surface area contributed by atoms with Gasteiger partial charge in [-0.2, -0.15) is 9.61 Å². The van der Waals surface area contributed by atoms with Crippen LogP contribution in [0.25, 0.3) is 16.9 Å². The van der Waals surface area contributed by atoms with Gasteiger partial charge in [0.2, 0.25) is 0 Å². The molecule has 4 aromatic rings. The van der Waals surface area contributed by atoms with Crippen LogP contribution in [-0.2, 0) is 0 Å². The number of hydrogen-bond acceptors (Lipinski definition) is 5. The number of benzene rings is 2. The highest BCUT2D eigenvalue weighted by Gasteiger charge is 2.24. The first-order valence-corrected chi connectivity index (χ1v) is 12.0. The summed E-state index contributed by atoms with van der Waals surface area (Å²) in [4.78, 5) is 21.3. The minimum Gasteiger partial charge on any atom is -0.495 e. The molecule has 1 aliphatic rings. The number of hydrogen-bond donors (Lipinski definition) is 0. The van der Waals surface area contributed by atoms with E-state index in [-0.39, 0.29) is 22.9 Å². The first-order chi connectivity index (χ1) is 17.8. The number of nitrogens with zero attached hydrogens (tertiary/aromatic N) is 5. The van der Waals surface area contributed by atoms with Crippen molar-refractivity contribution in [2.75, 3.05) is 32.1 Å². The van der Waals surface area contributed by atoms with Crippen molar-refractivity contribution in [2.45, 2.75) is 26.2 Å². The molecule has 1 fully saturated rings. The molecular weight excluding hydrogens is 483 g/mol. The van der Waals surface area contributed by atoms with Gasteiger partial charge in [-0.1, -0.05) is 12.1 Å². The van der Waals surface area contributed by atoms with E-state index in [0.717, 1.165) is 42.6 Å². The summed E-state index contributed by atoms with van der Waals surface area (Å²) in [5.74, 6) is -3.32.